The van der Waals surface area contributed by atoms with E-state index in [0.29, 0.717) is 22.6 Å². The summed E-state index contributed by atoms with van der Waals surface area (Å²) in [5.74, 6) is 0.517. The van der Waals surface area contributed by atoms with E-state index in [1.807, 2.05) is 20.8 Å². The van der Waals surface area contributed by atoms with Crippen molar-refractivity contribution in [1.29, 1.82) is 5.26 Å². The number of nitrogens with zero attached hydrogens (tertiary/aromatic N) is 3. The van der Waals surface area contributed by atoms with Crippen LogP contribution in [0.25, 0.3) is 5.70 Å². The molecule has 3 rings (SSSR count). The molecule has 7 heteroatoms. The fourth-order valence-corrected chi connectivity index (χ4v) is 2.78. The highest BCUT2D eigenvalue weighted by Crippen LogP contribution is 2.41. The normalized spacial score (nSPS) is 15.1. The molecule has 0 fully saturated rings. The van der Waals surface area contributed by atoms with Gasteiger partial charge in [-0.15, -0.1) is 0 Å². The first-order chi connectivity index (χ1) is 11.7. The molecule has 0 unspecified atom stereocenters. The van der Waals surface area contributed by atoms with Crippen LogP contribution in [-0.4, -0.2) is 15.1 Å². The molecule has 0 spiro atoms. The summed E-state index contributed by atoms with van der Waals surface area (Å²) >= 11 is 0. The quantitative estimate of drug-likeness (QED) is 0.619. The lowest BCUT2D eigenvalue weighted by molar-refractivity contribution is -0.385. The number of nitro groups is 1. The standard InChI is InChI=1S/C18H15N3O4/c1-11-17(20-10-13(21(23)24)5-7-16(20)22)14-8-12(9-19)4-6-15(14)25-18(11,2)3/h4-8,10H,1-3H3. The molecule has 126 valence electrons. The second kappa shape index (κ2) is 5.60. The molecule has 1 aliphatic rings. The van der Waals surface area contributed by atoms with E-state index in [2.05, 4.69) is 6.07 Å². The highest BCUT2D eigenvalue weighted by molar-refractivity contribution is 5.77. The zero-order valence-corrected chi connectivity index (χ0v) is 13.9. The van der Waals surface area contributed by atoms with Crippen LogP contribution in [0, 0.1) is 21.4 Å². The van der Waals surface area contributed by atoms with E-state index >= 15 is 0 Å². The van der Waals surface area contributed by atoms with Gasteiger partial charge in [0.05, 0.1) is 28.4 Å². The summed E-state index contributed by atoms with van der Waals surface area (Å²) in [5, 5.41) is 20.3. The summed E-state index contributed by atoms with van der Waals surface area (Å²) in [4.78, 5) is 23.0. The van der Waals surface area contributed by atoms with Crippen molar-refractivity contribution < 1.29 is 9.66 Å². The minimum Gasteiger partial charge on any atom is -0.483 e. The van der Waals surface area contributed by atoms with Crippen LogP contribution in [0.15, 0.2) is 46.9 Å². The van der Waals surface area contributed by atoms with E-state index < -0.39 is 16.1 Å². The summed E-state index contributed by atoms with van der Waals surface area (Å²) in [6, 6.07) is 9.31. The number of hydrogen-bond donors (Lipinski definition) is 0. The maximum atomic E-state index is 12.4. The van der Waals surface area contributed by atoms with Gasteiger partial charge in [-0.1, -0.05) is 0 Å². The number of rotatable bonds is 2. The summed E-state index contributed by atoms with van der Waals surface area (Å²) in [7, 11) is 0. The van der Waals surface area contributed by atoms with Gasteiger partial charge in [0.15, 0.2) is 0 Å². The molecule has 1 aromatic carbocycles. The molecule has 0 radical (unpaired) electrons. The average molecular weight is 337 g/mol. The summed E-state index contributed by atoms with van der Waals surface area (Å²) < 4.78 is 7.23. The third-order valence-electron chi connectivity index (χ3n) is 4.33. The first-order valence-electron chi connectivity index (χ1n) is 7.57. The molecular formula is C18H15N3O4. The van der Waals surface area contributed by atoms with Crippen LogP contribution in [0.2, 0.25) is 0 Å². The van der Waals surface area contributed by atoms with E-state index in [0.717, 1.165) is 11.6 Å². The van der Waals surface area contributed by atoms with Crippen LogP contribution in [0.4, 0.5) is 5.69 Å². The molecule has 0 saturated heterocycles. The Morgan fingerprint density at radius 1 is 1.28 bits per heavy atom. The Bertz CT molecular complexity index is 1030. The number of aromatic nitrogens is 1. The fourth-order valence-electron chi connectivity index (χ4n) is 2.78. The van der Waals surface area contributed by atoms with Crippen LogP contribution in [-0.2, 0) is 0 Å². The van der Waals surface area contributed by atoms with Gasteiger partial charge in [0, 0.05) is 17.7 Å². The van der Waals surface area contributed by atoms with Crippen molar-refractivity contribution in [3.05, 3.63) is 73.7 Å². The first-order valence-corrected chi connectivity index (χ1v) is 7.57. The molecule has 7 nitrogen and oxygen atoms in total. The fraction of sp³-hybridized carbons (Fsp3) is 0.222. The van der Waals surface area contributed by atoms with Crippen LogP contribution in [0.5, 0.6) is 5.75 Å². The molecule has 0 bridgehead atoms. The molecule has 0 amide bonds. The van der Waals surface area contributed by atoms with E-state index in [-0.39, 0.29) is 5.69 Å². The van der Waals surface area contributed by atoms with Crippen molar-refractivity contribution in [3.8, 4) is 11.8 Å². The van der Waals surface area contributed by atoms with Crippen molar-refractivity contribution in [2.45, 2.75) is 26.4 Å². The number of fused-ring (bicyclic) bond motifs is 1. The van der Waals surface area contributed by atoms with Crippen LogP contribution >= 0.6 is 0 Å². The SMILES string of the molecule is CC1=C(n2cc([N+](=O)[O-])ccc2=O)c2cc(C#N)ccc2OC1(C)C. The maximum Gasteiger partial charge on any atom is 0.286 e. The number of benzene rings is 1. The van der Waals surface area contributed by atoms with Gasteiger partial charge in [-0.2, -0.15) is 5.26 Å². The zero-order valence-electron chi connectivity index (χ0n) is 13.9. The van der Waals surface area contributed by atoms with Gasteiger partial charge in [0.25, 0.3) is 11.2 Å². The Hall–Kier alpha value is -3.40. The first kappa shape index (κ1) is 16.5. The molecule has 2 aromatic rings. The molecule has 0 saturated carbocycles. The molecule has 0 N–H and O–H groups in total. The predicted molar refractivity (Wildman–Crippen MR) is 91.2 cm³/mol. The Morgan fingerprint density at radius 2 is 2.00 bits per heavy atom. The molecule has 1 aliphatic heterocycles. The number of nitriles is 1. The highest BCUT2D eigenvalue weighted by atomic mass is 16.6. The Balaban J connectivity index is 2.37. The monoisotopic (exact) mass is 337 g/mol. The van der Waals surface area contributed by atoms with Gasteiger partial charge in [-0.3, -0.25) is 19.5 Å². The lowest BCUT2D eigenvalue weighted by Crippen LogP contribution is -2.36. The number of pyridine rings is 1. The molecular weight excluding hydrogens is 322 g/mol. The molecule has 0 aliphatic carbocycles. The Labute approximate surface area is 143 Å². The maximum absolute atomic E-state index is 12.4. The van der Waals surface area contributed by atoms with Crippen molar-refractivity contribution >= 4 is 11.4 Å². The molecule has 2 heterocycles. The Kier molecular flexibility index (Phi) is 3.68. The van der Waals surface area contributed by atoms with Crippen LogP contribution < -0.4 is 10.3 Å². The van der Waals surface area contributed by atoms with Crippen molar-refractivity contribution in [1.82, 2.24) is 4.57 Å². The smallest absolute Gasteiger partial charge is 0.286 e. The lowest BCUT2D eigenvalue weighted by Gasteiger charge is -2.36. The molecule has 1 aromatic heterocycles. The average Bonchev–Trinajstić information content (AvgIpc) is 2.56. The van der Waals surface area contributed by atoms with Crippen LogP contribution in [0.1, 0.15) is 31.9 Å². The van der Waals surface area contributed by atoms with Gasteiger partial charge < -0.3 is 4.74 Å². The van der Waals surface area contributed by atoms with E-state index in [1.165, 1.54) is 16.8 Å². The van der Waals surface area contributed by atoms with Gasteiger partial charge in [0.2, 0.25) is 0 Å². The molecule has 0 atom stereocenters. The third kappa shape index (κ3) is 2.68. The van der Waals surface area contributed by atoms with E-state index in [1.54, 1.807) is 18.2 Å². The highest BCUT2D eigenvalue weighted by Gasteiger charge is 2.34. The zero-order chi connectivity index (χ0) is 18.4. The van der Waals surface area contributed by atoms with Gasteiger partial charge in [0.1, 0.15) is 11.4 Å². The topological polar surface area (TPSA) is 98.2 Å². The summed E-state index contributed by atoms with van der Waals surface area (Å²) in [6.07, 6.45) is 1.20. The van der Waals surface area contributed by atoms with E-state index in [4.69, 9.17) is 4.74 Å². The van der Waals surface area contributed by atoms with Crippen molar-refractivity contribution in [3.63, 3.8) is 0 Å². The Morgan fingerprint density at radius 3 is 2.64 bits per heavy atom. The second-order valence-electron chi connectivity index (χ2n) is 6.26. The van der Waals surface area contributed by atoms with Crippen molar-refractivity contribution in [2.24, 2.45) is 0 Å². The van der Waals surface area contributed by atoms with Gasteiger partial charge in [-0.25, -0.2) is 0 Å². The lowest BCUT2D eigenvalue weighted by atomic mass is 9.90. The summed E-state index contributed by atoms with van der Waals surface area (Å²) in [5.41, 5.74) is 0.896. The van der Waals surface area contributed by atoms with Gasteiger partial charge in [-0.05, 0) is 44.5 Å². The number of hydrogen-bond acceptors (Lipinski definition) is 5. The molecule has 25 heavy (non-hydrogen) atoms. The second-order valence-corrected chi connectivity index (χ2v) is 6.26. The largest absolute Gasteiger partial charge is 0.483 e. The summed E-state index contributed by atoms with van der Waals surface area (Å²) in [6.45, 7) is 5.51. The van der Waals surface area contributed by atoms with Crippen molar-refractivity contribution in [2.75, 3.05) is 0 Å². The minimum atomic E-state index is -0.708. The predicted octanol–water partition coefficient (Wildman–Crippen LogP) is 3.08. The van der Waals surface area contributed by atoms with Gasteiger partial charge >= 0.3 is 0 Å². The van der Waals surface area contributed by atoms with E-state index in [9.17, 15) is 20.2 Å². The number of ether oxygens (including phenoxy) is 1. The minimum absolute atomic E-state index is 0.192. The van der Waals surface area contributed by atoms with Crippen LogP contribution in [0.3, 0.4) is 0 Å². The third-order valence-corrected chi connectivity index (χ3v) is 4.33.